The van der Waals surface area contributed by atoms with Gasteiger partial charge in [0, 0.05) is 6.42 Å². The van der Waals surface area contributed by atoms with E-state index in [4.69, 9.17) is 21.1 Å². The monoisotopic (exact) mass is 320 g/mol. The molecule has 2 aromatic rings. The topological polar surface area (TPSA) is 55.8 Å². The number of aliphatic carboxylic acids is 1. The zero-order chi connectivity index (χ0) is 16.1. The van der Waals surface area contributed by atoms with E-state index in [0.717, 1.165) is 11.1 Å². The van der Waals surface area contributed by atoms with Gasteiger partial charge in [-0.3, -0.25) is 0 Å². The molecular weight excluding hydrogens is 304 g/mol. The van der Waals surface area contributed by atoms with E-state index >= 15 is 0 Å². The maximum absolute atomic E-state index is 11.4. The highest BCUT2D eigenvalue weighted by Gasteiger charge is 2.21. The van der Waals surface area contributed by atoms with Crippen molar-refractivity contribution >= 4 is 17.6 Å². The van der Waals surface area contributed by atoms with Gasteiger partial charge in [0.2, 0.25) is 0 Å². The first-order valence-electron chi connectivity index (χ1n) is 6.78. The van der Waals surface area contributed by atoms with Gasteiger partial charge in [-0.1, -0.05) is 35.9 Å². The Balaban J connectivity index is 2.17. The van der Waals surface area contributed by atoms with Crippen LogP contribution in [-0.2, 0) is 11.2 Å². The molecule has 5 heteroatoms. The van der Waals surface area contributed by atoms with Gasteiger partial charge in [0.1, 0.15) is 11.5 Å². The minimum atomic E-state index is -1.02. The summed E-state index contributed by atoms with van der Waals surface area (Å²) in [5.74, 6) is 0.0989. The third-order valence-electron chi connectivity index (χ3n) is 3.28. The fourth-order valence-electron chi connectivity index (χ4n) is 2.07. The van der Waals surface area contributed by atoms with E-state index in [9.17, 15) is 9.90 Å². The van der Waals surface area contributed by atoms with Gasteiger partial charge in [-0.05, 0) is 36.2 Å². The average molecular weight is 321 g/mol. The first kappa shape index (κ1) is 16.2. The molecule has 0 aliphatic carbocycles. The Labute approximate surface area is 134 Å². The van der Waals surface area contributed by atoms with Crippen molar-refractivity contribution in [3.8, 4) is 11.5 Å². The molecule has 0 aliphatic rings. The number of hydrogen-bond acceptors (Lipinski definition) is 3. The summed E-state index contributed by atoms with van der Waals surface area (Å²) < 4.78 is 10.7. The van der Waals surface area contributed by atoms with Crippen molar-refractivity contribution < 1.29 is 19.4 Å². The van der Waals surface area contributed by atoms with Crippen LogP contribution in [0.4, 0.5) is 0 Å². The van der Waals surface area contributed by atoms with Crippen LogP contribution >= 0.6 is 11.6 Å². The van der Waals surface area contributed by atoms with E-state index < -0.39 is 12.1 Å². The molecule has 2 aromatic carbocycles. The summed E-state index contributed by atoms with van der Waals surface area (Å²) in [6, 6.07) is 12.5. The lowest BCUT2D eigenvalue weighted by atomic mass is 10.1. The standard InChI is InChI=1S/C17H17ClO4/c1-11-5-3-4-6-14(11)22-16(17(19)20)10-12-7-8-15(21-2)13(18)9-12/h3-9,16H,10H2,1-2H3,(H,19,20)/t16-/m1/s1. The summed E-state index contributed by atoms with van der Waals surface area (Å²) in [4.78, 5) is 11.4. The molecule has 116 valence electrons. The molecule has 0 saturated heterocycles. The van der Waals surface area contributed by atoms with E-state index in [0.29, 0.717) is 16.5 Å². The first-order valence-corrected chi connectivity index (χ1v) is 7.16. The highest BCUT2D eigenvalue weighted by atomic mass is 35.5. The normalized spacial score (nSPS) is 11.8. The molecule has 0 spiro atoms. The molecule has 0 heterocycles. The van der Waals surface area contributed by atoms with Gasteiger partial charge >= 0.3 is 5.97 Å². The molecule has 0 amide bonds. The largest absolute Gasteiger partial charge is 0.495 e. The Morgan fingerprint density at radius 3 is 2.55 bits per heavy atom. The Hall–Kier alpha value is -2.20. The molecule has 0 aromatic heterocycles. The highest BCUT2D eigenvalue weighted by Crippen LogP contribution is 2.26. The summed E-state index contributed by atoms with van der Waals surface area (Å²) in [7, 11) is 1.53. The van der Waals surface area contributed by atoms with Gasteiger partial charge in [0.15, 0.2) is 6.10 Å². The quantitative estimate of drug-likeness (QED) is 0.881. The lowest BCUT2D eigenvalue weighted by molar-refractivity contribution is -0.145. The molecule has 0 aliphatic heterocycles. The molecule has 0 radical (unpaired) electrons. The number of carboxylic acid groups (broad SMARTS) is 1. The molecule has 22 heavy (non-hydrogen) atoms. The van der Waals surface area contributed by atoms with Crippen LogP contribution in [0.25, 0.3) is 0 Å². The number of benzene rings is 2. The maximum atomic E-state index is 11.4. The number of methoxy groups -OCH3 is 1. The van der Waals surface area contributed by atoms with E-state index in [1.165, 1.54) is 7.11 Å². The van der Waals surface area contributed by atoms with Gasteiger partial charge in [0.25, 0.3) is 0 Å². The molecule has 0 unspecified atom stereocenters. The summed E-state index contributed by atoms with van der Waals surface area (Å²) >= 11 is 6.06. The third kappa shape index (κ3) is 3.92. The second-order valence-corrected chi connectivity index (χ2v) is 5.29. The lowest BCUT2D eigenvalue weighted by Gasteiger charge is -2.17. The Morgan fingerprint density at radius 1 is 1.23 bits per heavy atom. The van der Waals surface area contributed by atoms with Crippen LogP contribution in [0.2, 0.25) is 5.02 Å². The van der Waals surface area contributed by atoms with E-state index in [-0.39, 0.29) is 6.42 Å². The molecule has 1 atom stereocenters. The molecule has 2 rings (SSSR count). The van der Waals surface area contributed by atoms with Crippen molar-refractivity contribution in [3.63, 3.8) is 0 Å². The van der Waals surface area contributed by atoms with Crippen molar-refractivity contribution in [1.29, 1.82) is 0 Å². The highest BCUT2D eigenvalue weighted by molar-refractivity contribution is 6.32. The van der Waals surface area contributed by atoms with Crippen LogP contribution < -0.4 is 9.47 Å². The fraction of sp³-hybridized carbons (Fsp3) is 0.235. The predicted octanol–water partition coefficient (Wildman–Crippen LogP) is 3.73. The molecule has 4 nitrogen and oxygen atoms in total. The number of para-hydroxylation sites is 1. The van der Waals surface area contributed by atoms with Crippen LogP contribution in [0.3, 0.4) is 0 Å². The van der Waals surface area contributed by atoms with Gasteiger partial charge in [-0.25, -0.2) is 4.79 Å². The minimum Gasteiger partial charge on any atom is -0.495 e. The van der Waals surface area contributed by atoms with Gasteiger partial charge < -0.3 is 14.6 Å². The number of hydrogen-bond donors (Lipinski definition) is 1. The van der Waals surface area contributed by atoms with Crippen molar-refractivity contribution in [2.45, 2.75) is 19.4 Å². The van der Waals surface area contributed by atoms with Gasteiger partial charge in [-0.2, -0.15) is 0 Å². The fourth-order valence-corrected chi connectivity index (χ4v) is 2.35. The average Bonchev–Trinajstić information content (AvgIpc) is 2.49. The van der Waals surface area contributed by atoms with Crippen LogP contribution in [0.1, 0.15) is 11.1 Å². The van der Waals surface area contributed by atoms with Crippen molar-refractivity contribution in [1.82, 2.24) is 0 Å². The Bertz CT molecular complexity index is 669. The lowest BCUT2D eigenvalue weighted by Crippen LogP contribution is -2.29. The van der Waals surface area contributed by atoms with Crippen molar-refractivity contribution in [3.05, 3.63) is 58.6 Å². The molecule has 1 N–H and O–H groups in total. The Morgan fingerprint density at radius 2 is 1.95 bits per heavy atom. The number of carboxylic acids is 1. The molecule has 0 bridgehead atoms. The second kappa shape index (κ2) is 7.18. The summed E-state index contributed by atoms with van der Waals surface area (Å²) in [5, 5.41) is 9.82. The zero-order valence-corrected chi connectivity index (χ0v) is 13.1. The van der Waals surface area contributed by atoms with E-state index in [2.05, 4.69) is 0 Å². The number of ether oxygens (including phenoxy) is 2. The molecule has 0 fully saturated rings. The van der Waals surface area contributed by atoms with Gasteiger partial charge in [-0.15, -0.1) is 0 Å². The Kier molecular flexibility index (Phi) is 5.28. The number of aryl methyl sites for hydroxylation is 1. The summed E-state index contributed by atoms with van der Waals surface area (Å²) in [5.41, 5.74) is 1.66. The van der Waals surface area contributed by atoms with E-state index in [1.54, 1.807) is 24.3 Å². The minimum absolute atomic E-state index is 0.216. The van der Waals surface area contributed by atoms with E-state index in [1.807, 2.05) is 25.1 Å². The predicted molar refractivity (Wildman–Crippen MR) is 84.9 cm³/mol. The van der Waals surface area contributed by atoms with Crippen molar-refractivity contribution in [2.75, 3.05) is 7.11 Å². The number of halogens is 1. The summed E-state index contributed by atoms with van der Waals surface area (Å²) in [6.45, 7) is 1.87. The first-order chi connectivity index (χ1) is 10.5. The maximum Gasteiger partial charge on any atom is 0.345 e. The van der Waals surface area contributed by atoms with Crippen molar-refractivity contribution in [2.24, 2.45) is 0 Å². The smallest absolute Gasteiger partial charge is 0.345 e. The van der Waals surface area contributed by atoms with Crippen LogP contribution in [0.5, 0.6) is 11.5 Å². The number of rotatable bonds is 6. The van der Waals surface area contributed by atoms with Crippen LogP contribution in [0, 0.1) is 6.92 Å². The van der Waals surface area contributed by atoms with Crippen LogP contribution in [0.15, 0.2) is 42.5 Å². The SMILES string of the molecule is COc1ccc(C[C@@H](Oc2ccccc2C)C(=O)O)cc1Cl. The van der Waals surface area contributed by atoms with Gasteiger partial charge in [0.05, 0.1) is 12.1 Å². The van der Waals surface area contributed by atoms with Crippen LogP contribution in [-0.4, -0.2) is 24.3 Å². The number of carbonyl (C=O) groups is 1. The molecule has 0 saturated carbocycles. The third-order valence-corrected chi connectivity index (χ3v) is 3.57. The molecular formula is C17H17ClO4. The zero-order valence-electron chi connectivity index (χ0n) is 12.4. The second-order valence-electron chi connectivity index (χ2n) is 4.88. The summed E-state index contributed by atoms with van der Waals surface area (Å²) in [6.07, 6.45) is -0.765.